The number of aliphatic hydroxyl groups excluding tert-OH is 1. The van der Waals surface area contributed by atoms with Gasteiger partial charge in [-0.15, -0.1) is 0 Å². The number of hydrogen-bond donors (Lipinski definition) is 1. The van der Waals surface area contributed by atoms with E-state index in [1.807, 2.05) is 42.6 Å². The topological polar surface area (TPSA) is 35.8 Å². The Morgan fingerprint density at radius 3 is 2.79 bits per heavy atom. The van der Waals surface area contributed by atoms with E-state index in [1.165, 1.54) is 0 Å². The van der Waals surface area contributed by atoms with Gasteiger partial charge in [0.05, 0.1) is 0 Å². The lowest BCUT2D eigenvalue weighted by Gasteiger charge is -2.25. The van der Waals surface area contributed by atoms with Crippen molar-refractivity contribution in [3.05, 3.63) is 48.2 Å². The maximum Gasteiger partial charge on any atom is 0.225 e. The van der Waals surface area contributed by atoms with Crippen LogP contribution in [0.2, 0.25) is 0 Å². The second kappa shape index (κ2) is 4.07. The number of rotatable bonds is 2. The molecule has 0 saturated carbocycles. The molecule has 1 aliphatic heterocycles. The first-order valence-electron chi connectivity index (χ1n) is 4.54. The van der Waals surface area contributed by atoms with Gasteiger partial charge in [0, 0.05) is 19.0 Å². The monoisotopic (exact) mass is 188 g/mol. The summed E-state index contributed by atoms with van der Waals surface area (Å²) in [5, 5.41) is 9.51. The zero-order valence-electron chi connectivity index (χ0n) is 7.74. The maximum atomic E-state index is 9.51. The minimum atomic E-state index is -0.750. The molecule has 0 spiro atoms. The molecule has 0 saturated heterocycles. The summed E-state index contributed by atoms with van der Waals surface area (Å²) in [5.74, 6) is 0. The van der Waals surface area contributed by atoms with E-state index in [0.29, 0.717) is 6.54 Å². The molecule has 72 valence electrons. The van der Waals surface area contributed by atoms with E-state index in [9.17, 15) is 5.11 Å². The lowest BCUT2D eigenvalue weighted by atomic mass is 10.2. The van der Waals surface area contributed by atoms with Crippen molar-refractivity contribution in [1.82, 2.24) is 4.90 Å². The lowest BCUT2D eigenvalue weighted by Crippen LogP contribution is -2.30. The van der Waals surface area contributed by atoms with E-state index in [-0.39, 0.29) is 0 Å². The summed E-state index contributed by atoms with van der Waals surface area (Å²) in [5.41, 5.74) is 1.16. The zero-order valence-corrected chi connectivity index (χ0v) is 7.74. The molecule has 1 heterocycles. The number of hydrogen-bond acceptors (Lipinski definition) is 3. The molecular weight excluding hydrogens is 176 g/mol. The Labute approximate surface area is 83.0 Å². The Balaban J connectivity index is 2.05. The van der Waals surface area contributed by atoms with Gasteiger partial charge in [-0.05, 0) is 11.6 Å². The van der Waals surface area contributed by atoms with Crippen LogP contribution in [-0.2, 0) is 6.54 Å². The van der Waals surface area contributed by atoms with Crippen molar-refractivity contribution < 1.29 is 5.11 Å². The molecule has 2 rings (SSSR count). The average molecular weight is 188 g/mol. The fraction of sp³-hybridized carbons (Fsp3) is 0.182. The van der Waals surface area contributed by atoms with Crippen LogP contribution in [0.4, 0.5) is 0 Å². The van der Waals surface area contributed by atoms with Crippen LogP contribution in [-0.4, -0.2) is 22.6 Å². The van der Waals surface area contributed by atoms with Crippen LogP contribution in [0.25, 0.3) is 0 Å². The summed E-state index contributed by atoms with van der Waals surface area (Å²) in [6, 6.07) is 10.00. The SMILES string of the molecule is OC1N=CC=CN1Cc1ccccc1. The first-order chi connectivity index (χ1) is 6.86. The van der Waals surface area contributed by atoms with Crippen LogP contribution >= 0.6 is 0 Å². The van der Waals surface area contributed by atoms with Crippen LogP contribution in [0, 0.1) is 0 Å². The molecule has 0 fully saturated rings. The van der Waals surface area contributed by atoms with Gasteiger partial charge in [-0.25, -0.2) is 4.99 Å². The molecule has 3 heteroatoms. The molecular formula is C11H12N2O. The van der Waals surface area contributed by atoms with Gasteiger partial charge >= 0.3 is 0 Å². The van der Waals surface area contributed by atoms with Crippen molar-refractivity contribution in [2.24, 2.45) is 4.99 Å². The second-order valence-corrected chi connectivity index (χ2v) is 3.14. The third-order valence-corrected chi connectivity index (χ3v) is 2.09. The minimum Gasteiger partial charge on any atom is -0.355 e. The Morgan fingerprint density at radius 2 is 2.07 bits per heavy atom. The van der Waals surface area contributed by atoms with Crippen molar-refractivity contribution in [2.75, 3.05) is 0 Å². The third kappa shape index (κ3) is 2.00. The fourth-order valence-electron chi connectivity index (χ4n) is 1.37. The number of aliphatic imine (C=N–C) groups is 1. The molecule has 1 aliphatic rings. The van der Waals surface area contributed by atoms with Gasteiger partial charge in [-0.2, -0.15) is 0 Å². The molecule has 0 aliphatic carbocycles. The summed E-state index contributed by atoms with van der Waals surface area (Å²) in [6.07, 6.45) is 4.51. The van der Waals surface area contributed by atoms with E-state index in [1.54, 1.807) is 11.1 Å². The molecule has 1 atom stereocenters. The molecule has 0 amide bonds. The summed E-state index contributed by atoms with van der Waals surface area (Å²) in [7, 11) is 0. The highest BCUT2D eigenvalue weighted by Gasteiger charge is 2.11. The molecule has 1 aromatic carbocycles. The van der Waals surface area contributed by atoms with Crippen molar-refractivity contribution in [3.63, 3.8) is 0 Å². The molecule has 0 aromatic heterocycles. The standard InChI is InChI=1S/C11H12N2O/c14-11-12-7-4-8-13(11)9-10-5-2-1-3-6-10/h1-8,11,14H,9H2. The first kappa shape index (κ1) is 8.97. The summed E-state index contributed by atoms with van der Waals surface area (Å²) in [6.45, 7) is 0.676. The Kier molecular flexibility index (Phi) is 2.60. The van der Waals surface area contributed by atoms with Crippen molar-refractivity contribution in [1.29, 1.82) is 0 Å². The largest absolute Gasteiger partial charge is 0.355 e. The average Bonchev–Trinajstić information content (AvgIpc) is 2.23. The van der Waals surface area contributed by atoms with Crippen molar-refractivity contribution in [2.45, 2.75) is 12.9 Å². The Bertz CT molecular complexity index is 346. The van der Waals surface area contributed by atoms with Gasteiger partial charge in [0.15, 0.2) is 0 Å². The number of nitrogens with zero attached hydrogens (tertiary/aromatic N) is 2. The van der Waals surface area contributed by atoms with Gasteiger partial charge in [-0.1, -0.05) is 30.3 Å². The maximum absolute atomic E-state index is 9.51. The van der Waals surface area contributed by atoms with E-state index in [2.05, 4.69) is 4.99 Å². The van der Waals surface area contributed by atoms with E-state index in [4.69, 9.17) is 0 Å². The summed E-state index contributed by atoms with van der Waals surface area (Å²) < 4.78 is 0. The first-order valence-corrected chi connectivity index (χ1v) is 4.54. The normalized spacial score (nSPS) is 20.1. The van der Waals surface area contributed by atoms with Crippen LogP contribution in [0.3, 0.4) is 0 Å². The number of benzene rings is 1. The summed E-state index contributed by atoms with van der Waals surface area (Å²) in [4.78, 5) is 5.65. The van der Waals surface area contributed by atoms with E-state index in [0.717, 1.165) is 5.56 Å². The van der Waals surface area contributed by atoms with Crippen LogP contribution < -0.4 is 0 Å². The number of allylic oxidation sites excluding steroid dienone is 1. The molecule has 0 radical (unpaired) electrons. The predicted molar refractivity (Wildman–Crippen MR) is 55.6 cm³/mol. The molecule has 3 nitrogen and oxygen atoms in total. The highest BCUT2D eigenvalue weighted by molar-refractivity contribution is 5.71. The Morgan fingerprint density at radius 1 is 1.29 bits per heavy atom. The van der Waals surface area contributed by atoms with Gasteiger partial charge < -0.3 is 10.0 Å². The highest BCUT2D eigenvalue weighted by atomic mass is 16.3. The zero-order chi connectivity index (χ0) is 9.80. The van der Waals surface area contributed by atoms with Gasteiger partial charge in [0.25, 0.3) is 0 Å². The highest BCUT2D eigenvalue weighted by Crippen LogP contribution is 2.09. The molecule has 0 bridgehead atoms. The molecule has 1 unspecified atom stereocenters. The van der Waals surface area contributed by atoms with Gasteiger partial charge in [-0.3, -0.25) is 0 Å². The van der Waals surface area contributed by atoms with Crippen molar-refractivity contribution in [3.8, 4) is 0 Å². The van der Waals surface area contributed by atoms with Gasteiger partial charge in [0.2, 0.25) is 6.35 Å². The molecule has 1 N–H and O–H groups in total. The van der Waals surface area contributed by atoms with Crippen LogP contribution in [0.15, 0.2) is 47.6 Å². The van der Waals surface area contributed by atoms with Crippen LogP contribution in [0.1, 0.15) is 5.56 Å². The molecule has 14 heavy (non-hydrogen) atoms. The quantitative estimate of drug-likeness (QED) is 0.760. The van der Waals surface area contributed by atoms with Crippen LogP contribution in [0.5, 0.6) is 0 Å². The third-order valence-electron chi connectivity index (χ3n) is 2.09. The molecule has 1 aromatic rings. The lowest BCUT2D eigenvalue weighted by molar-refractivity contribution is 0.0395. The van der Waals surface area contributed by atoms with Crippen molar-refractivity contribution >= 4 is 6.21 Å². The van der Waals surface area contributed by atoms with Gasteiger partial charge in [0.1, 0.15) is 0 Å². The summed E-state index contributed by atoms with van der Waals surface area (Å²) >= 11 is 0. The van der Waals surface area contributed by atoms with E-state index >= 15 is 0 Å². The predicted octanol–water partition coefficient (Wildman–Crippen LogP) is 1.36. The smallest absolute Gasteiger partial charge is 0.225 e. The second-order valence-electron chi connectivity index (χ2n) is 3.14. The number of aliphatic hydroxyl groups is 1. The minimum absolute atomic E-state index is 0.676. The van der Waals surface area contributed by atoms with E-state index < -0.39 is 6.35 Å². The Hall–Kier alpha value is -1.61. The fourth-order valence-corrected chi connectivity index (χ4v) is 1.37.